The molecule has 4 rings (SSSR count). The Morgan fingerprint density at radius 3 is 2.31 bits per heavy atom. The van der Waals surface area contributed by atoms with Crippen molar-refractivity contribution >= 4 is 44.9 Å². The summed E-state index contributed by atoms with van der Waals surface area (Å²) in [5.41, 5.74) is 7.67. The number of hydrogen-bond acceptors (Lipinski definition) is 5. The summed E-state index contributed by atoms with van der Waals surface area (Å²) in [5.74, 6) is -0.339. The van der Waals surface area contributed by atoms with Crippen molar-refractivity contribution in [2.45, 2.75) is 50.0 Å². The molecule has 2 unspecified atom stereocenters. The maximum Gasteiger partial charge on any atom is 0.341 e. The number of piperidine rings is 1. The van der Waals surface area contributed by atoms with Crippen LogP contribution >= 0.6 is 11.6 Å². The number of nitrogens with one attached hydrogen (secondary N) is 1. The molecule has 1 saturated heterocycles. The van der Waals surface area contributed by atoms with Gasteiger partial charge in [-0.1, -0.05) is 55.3 Å². The van der Waals surface area contributed by atoms with Gasteiger partial charge in [-0.15, -0.1) is 0 Å². The molecule has 0 bridgehead atoms. The summed E-state index contributed by atoms with van der Waals surface area (Å²) in [6.45, 7) is 2.47. The molecule has 0 radical (unpaired) electrons. The number of carbonyl (C=O) groups excluding carboxylic acids is 2. The van der Waals surface area contributed by atoms with Gasteiger partial charge in [-0.3, -0.25) is 4.79 Å². The number of hydrogen-bond donors (Lipinski definition) is 2. The number of anilines is 2. The van der Waals surface area contributed by atoms with Gasteiger partial charge in [0, 0.05) is 30.3 Å². The Hall–Kier alpha value is -3.44. The predicted octanol–water partition coefficient (Wildman–Crippen LogP) is 5.52. The number of para-hydroxylation sites is 1. The SMILES string of the molecule is CCCC1CC(Cc2ccc(S(=O)(=O)N(C)CC(N)=O)cc2)CCN1N(C(=O)Nc1ccc(Cl)cc1)c1ccccc1. The number of carbonyl (C=O) groups is 2. The van der Waals surface area contributed by atoms with Crippen LogP contribution in [-0.2, 0) is 21.2 Å². The average Bonchev–Trinajstić information content (AvgIpc) is 2.96. The molecular weight excluding hydrogens is 574 g/mol. The van der Waals surface area contributed by atoms with E-state index in [4.69, 9.17) is 17.3 Å². The number of rotatable bonds is 11. The summed E-state index contributed by atoms with van der Waals surface area (Å²) >= 11 is 6.04. The van der Waals surface area contributed by atoms with Gasteiger partial charge in [-0.25, -0.2) is 23.2 Å². The molecule has 3 aromatic carbocycles. The van der Waals surface area contributed by atoms with E-state index in [1.807, 2.05) is 42.5 Å². The third kappa shape index (κ3) is 7.89. The van der Waals surface area contributed by atoms with Crippen LogP contribution < -0.4 is 16.1 Å². The molecule has 11 heteroatoms. The van der Waals surface area contributed by atoms with Crippen LogP contribution in [-0.4, -0.2) is 55.8 Å². The van der Waals surface area contributed by atoms with E-state index in [-0.39, 0.29) is 23.5 Å². The first-order valence-electron chi connectivity index (χ1n) is 14.1. The van der Waals surface area contributed by atoms with Crippen molar-refractivity contribution in [3.05, 3.63) is 89.4 Å². The Kier molecular flexibility index (Phi) is 10.6. The van der Waals surface area contributed by atoms with Crippen molar-refractivity contribution in [2.24, 2.45) is 11.7 Å². The molecule has 0 saturated carbocycles. The molecule has 1 fully saturated rings. The fourth-order valence-electron chi connectivity index (χ4n) is 5.45. The van der Waals surface area contributed by atoms with Gasteiger partial charge in [0.15, 0.2) is 0 Å². The highest BCUT2D eigenvalue weighted by Gasteiger charge is 2.35. The summed E-state index contributed by atoms with van der Waals surface area (Å²) in [7, 11) is -2.46. The van der Waals surface area contributed by atoms with Gasteiger partial charge >= 0.3 is 6.03 Å². The Bertz CT molecular complexity index is 1450. The Labute approximate surface area is 253 Å². The number of nitrogens with zero attached hydrogens (tertiary/aromatic N) is 3. The van der Waals surface area contributed by atoms with E-state index in [1.165, 1.54) is 7.05 Å². The molecule has 224 valence electrons. The maximum absolute atomic E-state index is 13.7. The van der Waals surface area contributed by atoms with Crippen molar-refractivity contribution in [1.29, 1.82) is 0 Å². The lowest BCUT2D eigenvalue weighted by Crippen LogP contribution is -2.56. The van der Waals surface area contributed by atoms with E-state index < -0.39 is 15.9 Å². The standard InChI is InChI=1S/C31H38ClN5O4S/c1-3-7-28-21-24(20-23-10-16-29(17-11-23)42(40,41)35(2)22-30(33)38)18-19-36(28)37(27-8-5-4-6-9-27)31(39)34-26-14-12-25(32)13-15-26/h4-6,8-17,24,28H,3,7,18-22H2,1-2H3,(H2,33,38)(H,34,39). The van der Waals surface area contributed by atoms with Crippen molar-refractivity contribution < 1.29 is 18.0 Å². The quantitative estimate of drug-likeness (QED) is 0.296. The Balaban J connectivity index is 1.49. The van der Waals surface area contributed by atoms with Gasteiger partial charge in [-0.05, 0) is 85.7 Å². The highest BCUT2D eigenvalue weighted by Crippen LogP contribution is 2.32. The molecule has 1 aliphatic heterocycles. The minimum absolute atomic E-state index is 0.124. The number of primary amides is 1. The molecule has 0 aromatic heterocycles. The largest absolute Gasteiger partial charge is 0.369 e. The molecule has 3 aromatic rings. The van der Waals surface area contributed by atoms with Gasteiger partial charge in [0.25, 0.3) is 0 Å². The zero-order chi connectivity index (χ0) is 30.3. The molecule has 2 atom stereocenters. The van der Waals surface area contributed by atoms with E-state index in [0.717, 1.165) is 47.7 Å². The molecule has 9 nitrogen and oxygen atoms in total. The van der Waals surface area contributed by atoms with Gasteiger partial charge in [0.05, 0.1) is 17.1 Å². The number of halogens is 1. The highest BCUT2D eigenvalue weighted by molar-refractivity contribution is 7.89. The number of sulfonamides is 1. The number of urea groups is 1. The van der Waals surface area contributed by atoms with Crippen molar-refractivity contribution in [2.75, 3.05) is 30.5 Å². The second-order valence-corrected chi connectivity index (χ2v) is 13.1. The summed E-state index contributed by atoms with van der Waals surface area (Å²) in [4.78, 5) is 25.0. The number of benzene rings is 3. The van der Waals surface area contributed by atoms with Crippen LogP contribution in [0.3, 0.4) is 0 Å². The fourth-order valence-corrected chi connectivity index (χ4v) is 6.71. The van der Waals surface area contributed by atoms with Gasteiger partial charge in [0.2, 0.25) is 15.9 Å². The van der Waals surface area contributed by atoms with Crippen molar-refractivity contribution in [1.82, 2.24) is 9.31 Å². The van der Waals surface area contributed by atoms with Crippen LogP contribution in [0.2, 0.25) is 5.02 Å². The summed E-state index contributed by atoms with van der Waals surface area (Å²) in [6, 6.07) is 23.5. The van der Waals surface area contributed by atoms with Crippen molar-refractivity contribution in [3.63, 3.8) is 0 Å². The first-order valence-corrected chi connectivity index (χ1v) is 15.9. The zero-order valence-electron chi connectivity index (χ0n) is 23.9. The number of nitrogens with two attached hydrogens (primary N) is 1. The molecule has 42 heavy (non-hydrogen) atoms. The number of amides is 3. The number of hydrazine groups is 1. The fraction of sp³-hybridized carbons (Fsp3) is 0.355. The molecule has 1 aliphatic rings. The predicted molar refractivity (Wildman–Crippen MR) is 167 cm³/mol. The summed E-state index contributed by atoms with van der Waals surface area (Å²) in [5, 5.41) is 7.57. The van der Waals surface area contributed by atoms with Gasteiger partial charge in [0.1, 0.15) is 0 Å². The second-order valence-electron chi connectivity index (χ2n) is 10.7. The molecule has 0 aliphatic carbocycles. The summed E-state index contributed by atoms with van der Waals surface area (Å²) < 4.78 is 26.5. The highest BCUT2D eigenvalue weighted by atomic mass is 35.5. The maximum atomic E-state index is 13.7. The molecule has 3 amide bonds. The van der Waals surface area contributed by atoms with Gasteiger partial charge < -0.3 is 11.1 Å². The molecule has 0 spiro atoms. The van der Waals surface area contributed by atoms with Crippen LogP contribution in [0.4, 0.5) is 16.2 Å². The van der Waals surface area contributed by atoms with E-state index in [2.05, 4.69) is 17.2 Å². The lowest BCUT2D eigenvalue weighted by molar-refractivity contribution is -0.118. The topological polar surface area (TPSA) is 116 Å². The monoisotopic (exact) mass is 611 g/mol. The smallest absolute Gasteiger partial charge is 0.341 e. The molecule has 3 N–H and O–H groups in total. The minimum atomic E-state index is -3.80. The minimum Gasteiger partial charge on any atom is -0.369 e. The summed E-state index contributed by atoms with van der Waals surface area (Å²) in [6.07, 6.45) is 4.47. The van der Waals surface area contributed by atoms with Gasteiger partial charge in [-0.2, -0.15) is 4.31 Å². The van der Waals surface area contributed by atoms with E-state index in [9.17, 15) is 18.0 Å². The van der Waals surface area contributed by atoms with Crippen LogP contribution in [0.25, 0.3) is 0 Å². The normalized spacial score (nSPS) is 17.6. The first kappa shape index (κ1) is 31.5. The third-order valence-electron chi connectivity index (χ3n) is 7.50. The van der Waals surface area contributed by atoms with E-state index >= 15 is 0 Å². The first-order chi connectivity index (χ1) is 20.1. The third-order valence-corrected chi connectivity index (χ3v) is 9.56. The zero-order valence-corrected chi connectivity index (χ0v) is 25.5. The lowest BCUT2D eigenvalue weighted by Gasteiger charge is -2.45. The molecule has 1 heterocycles. The van der Waals surface area contributed by atoms with Crippen LogP contribution in [0, 0.1) is 5.92 Å². The van der Waals surface area contributed by atoms with Crippen molar-refractivity contribution in [3.8, 4) is 0 Å². The van der Waals surface area contributed by atoms with E-state index in [1.54, 1.807) is 41.4 Å². The molecular formula is C31H38ClN5O4S. The average molecular weight is 612 g/mol. The van der Waals surface area contributed by atoms with E-state index in [0.29, 0.717) is 23.2 Å². The number of likely N-dealkylation sites (N-methyl/N-ethyl adjacent to an activating group) is 1. The van der Waals surface area contributed by atoms with Crippen LogP contribution in [0.5, 0.6) is 0 Å². The lowest BCUT2D eigenvalue weighted by atomic mass is 9.85. The van der Waals surface area contributed by atoms with Crippen LogP contribution in [0.1, 0.15) is 38.2 Å². The van der Waals surface area contributed by atoms with Crippen LogP contribution in [0.15, 0.2) is 83.8 Å². The second kappa shape index (κ2) is 14.2. The Morgan fingerprint density at radius 2 is 1.69 bits per heavy atom. The Morgan fingerprint density at radius 1 is 1.02 bits per heavy atom.